The fraction of sp³-hybridized carbons (Fsp3) is 0.385. The topological polar surface area (TPSA) is 53.4 Å². The van der Waals surface area contributed by atoms with E-state index in [-0.39, 0.29) is 0 Å². The van der Waals surface area contributed by atoms with Crippen LogP contribution in [0, 0.1) is 5.92 Å². The van der Waals surface area contributed by atoms with E-state index in [0.717, 1.165) is 17.8 Å². The first-order chi connectivity index (χ1) is 8.25. The van der Waals surface area contributed by atoms with Crippen LogP contribution in [0.4, 0.5) is 0 Å². The fourth-order valence-electron chi connectivity index (χ4n) is 1.74. The number of allylic oxidation sites excluding steroid dienone is 3. The van der Waals surface area contributed by atoms with Gasteiger partial charge in [-0.1, -0.05) is 12.2 Å². The van der Waals surface area contributed by atoms with Crippen molar-refractivity contribution in [3.05, 3.63) is 35.8 Å². The molecule has 4 nitrogen and oxygen atoms in total. The summed E-state index contributed by atoms with van der Waals surface area (Å²) in [6.45, 7) is 4.11. The molecule has 90 valence electrons. The molecule has 3 N–H and O–H groups in total. The van der Waals surface area contributed by atoms with Gasteiger partial charge in [-0.25, -0.2) is 4.99 Å². The number of nitrogens with two attached hydrogens (primary N) is 1. The van der Waals surface area contributed by atoms with Crippen LogP contribution in [0.15, 0.2) is 45.8 Å². The smallest absolute Gasteiger partial charge is 0.191 e. The molecule has 0 spiro atoms. The van der Waals surface area contributed by atoms with E-state index in [1.165, 1.54) is 0 Å². The lowest BCUT2D eigenvalue weighted by Crippen LogP contribution is -2.74. The summed E-state index contributed by atoms with van der Waals surface area (Å²) in [6.07, 6.45) is 13.1. The van der Waals surface area contributed by atoms with Gasteiger partial charge in [0, 0.05) is 17.7 Å². The standard InChI is InChI=1S/C13H18N4/c1-10(2)15-9-16-12-5-3-11(4-6-12)13-7-14-8-17-13/h3,5-11H,4H2,1-2H3,(H,14,17)(H,15,16)/p+1. The highest BCUT2D eigenvalue weighted by Crippen LogP contribution is 2.23. The Kier molecular flexibility index (Phi) is 3.88. The summed E-state index contributed by atoms with van der Waals surface area (Å²) >= 11 is 0. The van der Waals surface area contributed by atoms with Crippen molar-refractivity contribution >= 4 is 12.7 Å². The molecule has 0 amide bonds. The second-order valence-electron chi connectivity index (χ2n) is 4.44. The van der Waals surface area contributed by atoms with Crippen molar-refractivity contribution < 1.29 is 5.32 Å². The summed E-state index contributed by atoms with van der Waals surface area (Å²) in [5.41, 5.74) is 2.25. The number of quaternary nitrogens is 1. The quantitative estimate of drug-likeness (QED) is 0.548. The minimum Gasteiger partial charge on any atom is -0.347 e. The SMILES string of the molecule is CC(C)N=CNC1=CCC(C2=C[NH2+]C=N2)C=C1. The van der Waals surface area contributed by atoms with Gasteiger partial charge in [0.15, 0.2) is 6.34 Å². The highest BCUT2D eigenvalue weighted by atomic mass is 15.0. The highest BCUT2D eigenvalue weighted by Gasteiger charge is 2.16. The van der Waals surface area contributed by atoms with Gasteiger partial charge in [-0.2, -0.15) is 0 Å². The molecule has 1 aliphatic heterocycles. The number of rotatable bonds is 4. The molecule has 0 fully saturated rings. The highest BCUT2D eigenvalue weighted by molar-refractivity contribution is 5.59. The first-order valence-corrected chi connectivity index (χ1v) is 6.00. The molecule has 0 aromatic rings. The van der Waals surface area contributed by atoms with Crippen molar-refractivity contribution in [3.63, 3.8) is 0 Å². The van der Waals surface area contributed by atoms with E-state index in [9.17, 15) is 0 Å². The summed E-state index contributed by atoms with van der Waals surface area (Å²) in [5.74, 6) is 0.414. The molecule has 0 aromatic heterocycles. The van der Waals surface area contributed by atoms with Gasteiger partial charge in [0.2, 0.25) is 0 Å². The first-order valence-electron chi connectivity index (χ1n) is 6.00. The zero-order valence-electron chi connectivity index (χ0n) is 10.3. The van der Waals surface area contributed by atoms with Crippen molar-refractivity contribution in [3.8, 4) is 0 Å². The van der Waals surface area contributed by atoms with Gasteiger partial charge in [-0.3, -0.25) is 10.3 Å². The van der Waals surface area contributed by atoms with Crippen molar-refractivity contribution in [2.24, 2.45) is 15.9 Å². The Balaban J connectivity index is 1.86. The molecule has 0 aromatic carbocycles. The molecule has 2 aliphatic rings. The lowest BCUT2D eigenvalue weighted by molar-refractivity contribution is -0.447. The van der Waals surface area contributed by atoms with Crippen LogP contribution in [0.2, 0.25) is 0 Å². The van der Waals surface area contributed by atoms with Gasteiger partial charge in [0.1, 0.15) is 11.9 Å². The third kappa shape index (κ3) is 3.39. The van der Waals surface area contributed by atoms with E-state index < -0.39 is 0 Å². The summed E-state index contributed by atoms with van der Waals surface area (Å²) in [6, 6.07) is 0.330. The van der Waals surface area contributed by atoms with Gasteiger partial charge in [0.25, 0.3) is 0 Å². The Morgan fingerprint density at radius 2 is 2.47 bits per heavy atom. The van der Waals surface area contributed by atoms with Gasteiger partial charge >= 0.3 is 0 Å². The second-order valence-corrected chi connectivity index (χ2v) is 4.44. The lowest BCUT2D eigenvalue weighted by atomic mass is 9.97. The van der Waals surface area contributed by atoms with Gasteiger partial charge in [-0.15, -0.1) is 0 Å². The molecule has 0 radical (unpaired) electrons. The molecule has 17 heavy (non-hydrogen) atoms. The van der Waals surface area contributed by atoms with Crippen molar-refractivity contribution in [2.45, 2.75) is 26.3 Å². The number of aliphatic imine (C=N–C) groups is 2. The Bertz CT molecular complexity index is 413. The Morgan fingerprint density at radius 3 is 3.06 bits per heavy atom. The van der Waals surface area contributed by atoms with Gasteiger partial charge < -0.3 is 5.32 Å². The summed E-state index contributed by atoms with van der Waals surface area (Å²) in [5, 5.41) is 5.16. The van der Waals surface area contributed by atoms with E-state index in [4.69, 9.17) is 0 Å². The first kappa shape index (κ1) is 11.8. The third-order valence-electron chi connectivity index (χ3n) is 2.66. The summed E-state index contributed by atoms with van der Waals surface area (Å²) < 4.78 is 0. The Labute approximate surface area is 102 Å². The number of hydrogen-bond donors (Lipinski definition) is 2. The average molecular weight is 231 g/mol. The van der Waals surface area contributed by atoms with E-state index >= 15 is 0 Å². The number of hydrogen-bond acceptors (Lipinski definition) is 2. The molecule has 4 heteroatoms. The molecule has 1 atom stereocenters. The molecule has 1 unspecified atom stereocenters. The predicted octanol–water partition coefficient (Wildman–Crippen LogP) is 0.919. The molecule has 0 bridgehead atoms. The van der Waals surface area contributed by atoms with Gasteiger partial charge in [0.05, 0.1) is 6.34 Å². The fourth-order valence-corrected chi connectivity index (χ4v) is 1.74. The van der Waals surface area contributed by atoms with Crippen molar-refractivity contribution in [1.29, 1.82) is 0 Å². The normalized spacial score (nSPS) is 23.4. The van der Waals surface area contributed by atoms with E-state index in [0.29, 0.717) is 12.0 Å². The van der Waals surface area contributed by atoms with Crippen LogP contribution in [0.1, 0.15) is 20.3 Å². The zero-order chi connectivity index (χ0) is 12.1. The lowest BCUT2D eigenvalue weighted by Gasteiger charge is -2.14. The van der Waals surface area contributed by atoms with Crippen molar-refractivity contribution in [1.82, 2.24) is 5.32 Å². The molecular formula is C13H19N4+. The van der Waals surface area contributed by atoms with Crippen molar-refractivity contribution in [2.75, 3.05) is 0 Å². The van der Waals surface area contributed by atoms with Crippen LogP contribution in [-0.4, -0.2) is 18.7 Å². The Morgan fingerprint density at radius 1 is 1.59 bits per heavy atom. The maximum absolute atomic E-state index is 4.32. The summed E-state index contributed by atoms with van der Waals surface area (Å²) in [4.78, 5) is 8.59. The van der Waals surface area contributed by atoms with Crippen LogP contribution in [0.25, 0.3) is 0 Å². The van der Waals surface area contributed by atoms with E-state index in [1.54, 1.807) is 6.34 Å². The molecule has 2 rings (SSSR count). The third-order valence-corrected chi connectivity index (χ3v) is 2.66. The second kappa shape index (κ2) is 5.59. The number of nitrogens with one attached hydrogen (secondary N) is 1. The van der Waals surface area contributed by atoms with Crippen LogP contribution in [0.3, 0.4) is 0 Å². The van der Waals surface area contributed by atoms with Crippen LogP contribution < -0.4 is 10.6 Å². The monoisotopic (exact) mass is 231 g/mol. The van der Waals surface area contributed by atoms with E-state index in [2.05, 4.69) is 53.6 Å². The van der Waals surface area contributed by atoms with Crippen LogP contribution >= 0.6 is 0 Å². The molecule has 1 aliphatic carbocycles. The molecule has 1 heterocycles. The van der Waals surface area contributed by atoms with Gasteiger partial charge in [-0.05, 0) is 26.3 Å². The van der Waals surface area contributed by atoms with Crippen LogP contribution in [0.5, 0.6) is 0 Å². The molecular weight excluding hydrogens is 212 g/mol. The zero-order valence-corrected chi connectivity index (χ0v) is 10.3. The Hall–Kier alpha value is -1.68. The average Bonchev–Trinajstić information content (AvgIpc) is 2.83. The minimum atomic E-state index is 0.330. The minimum absolute atomic E-state index is 0.330. The molecule has 0 saturated carbocycles. The maximum Gasteiger partial charge on any atom is 0.191 e. The van der Waals surface area contributed by atoms with E-state index in [1.807, 2.05) is 11.7 Å². The molecule has 0 saturated heterocycles. The largest absolute Gasteiger partial charge is 0.347 e. The summed E-state index contributed by atoms with van der Waals surface area (Å²) in [7, 11) is 0. The number of nitrogens with zero attached hydrogens (tertiary/aromatic N) is 2. The van der Waals surface area contributed by atoms with Crippen LogP contribution in [-0.2, 0) is 0 Å². The predicted molar refractivity (Wildman–Crippen MR) is 70.6 cm³/mol. The maximum atomic E-state index is 4.32.